The van der Waals surface area contributed by atoms with Crippen LogP contribution in [0.3, 0.4) is 0 Å². The van der Waals surface area contributed by atoms with Crippen molar-refractivity contribution >= 4 is 22.6 Å². The summed E-state index contributed by atoms with van der Waals surface area (Å²) < 4.78 is 7.57. The standard InChI is InChI=1S/C14H19ClN4O/c15-11-1-2-13-12(9-11)17-14(10-16)19(13)4-3-18-5-7-20-8-6-18/h1-2,9H,3-8,10,16H2. The Labute approximate surface area is 123 Å². The first-order chi connectivity index (χ1) is 9.78. The van der Waals surface area contributed by atoms with Gasteiger partial charge in [0.25, 0.3) is 0 Å². The highest BCUT2D eigenvalue weighted by Crippen LogP contribution is 2.20. The molecule has 5 nitrogen and oxygen atoms in total. The molecule has 108 valence electrons. The average molecular weight is 295 g/mol. The minimum atomic E-state index is 0.440. The van der Waals surface area contributed by atoms with Gasteiger partial charge in [0.2, 0.25) is 0 Å². The molecule has 1 fully saturated rings. The Morgan fingerprint density at radius 3 is 2.80 bits per heavy atom. The van der Waals surface area contributed by atoms with Gasteiger partial charge in [-0.15, -0.1) is 0 Å². The van der Waals surface area contributed by atoms with Crippen molar-refractivity contribution in [2.75, 3.05) is 32.8 Å². The van der Waals surface area contributed by atoms with Gasteiger partial charge in [-0.3, -0.25) is 4.90 Å². The maximum absolute atomic E-state index is 6.02. The van der Waals surface area contributed by atoms with E-state index in [1.54, 1.807) is 0 Å². The third-order valence-electron chi connectivity index (χ3n) is 3.72. The van der Waals surface area contributed by atoms with Crippen LogP contribution in [0.5, 0.6) is 0 Å². The fourth-order valence-corrected chi connectivity index (χ4v) is 2.79. The SMILES string of the molecule is NCc1nc2cc(Cl)ccc2n1CCN1CCOCC1. The number of hydrogen-bond acceptors (Lipinski definition) is 4. The lowest BCUT2D eigenvalue weighted by Gasteiger charge is -2.26. The van der Waals surface area contributed by atoms with Crippen molar-refractivity contribution in [3.05, 3.63) is 29.0 Å². The molecule has 1 aliphatic rings. The normalized spacial score (nSPS) is 16.9. The van der Waals surface area contributed by atoms with Crippen LogP contribution in [0.25, 0.3) is 11.0 Å². The number of fused-ring (bicyclic) bond motifs is 1. The zero-order chi connectivity index (χ0) is 13.9. The van der Waals surface area contributed by atoms with Gasteiger partial charge in [0.1, 0.15) is 5.82 Å². The molecule has 0 atom stereocenters. The molecule has 0 aliphatic carbocycles. The van der Waals surface area contributed by atoms with Gasteiger partial charge < -0.3 is 15.0 Å². The van der Waals surface area contributed by atoms with Gasteiger partial charge in [0.15, 0.2) is 0 Å². The molecule has 0 saturated carbocycles. The van der Waals surface area contributed by atoms with Crippen molar-refractivity contribution in [2.24, 2.45) is 5.73 Å². The van der Waals surface area contributed by atoms with Crippen LogP contribution in [0.1, 0.15) is 5.82 Å². The summed E-state index contributed by atoms with van der Waals surface area (Å²) in [5.41, 5.74) is 7.83. The van der Waals surface area contributed by atoms with E-state index in [0.29, 0.717) is 11.6 Å². The van der Waals surface area contributed by atoms with Gasteiger partial charge in [-0.05, 0) is 18.2 Å². The number of morpholine rings is 1. The van der Waals surface area contributed by atoms with E-state index in [9.17, 15) is 0 Å². The molecule has 2 aromatic rings. The molecule has 1 saturated heterocycles. The molecule has 2 N–H and O–H groups in total. The first-order valence-electron chi connectivity index (χ1n) is 6.93. The first kappa shape index (κ1) is 13.8. The van der Waals surface area contributed by atoms with Crippen LogP contribution in [0, 0.1) is 0 Å². The lowest BCUT2D eigenvalue weighted by Crippen LogP contribution is -2.38. The minimum Gasteiger partial charge on any atom is -0.379 e. The quantitative estimate of drug-likeness (QED) is 0.928. The Hall–Kier alpha value is -1.14. The molecule has 3 rings (SSSR count). The molecule has 0 radical (unpaired) electrons. The molecule has 20 heavy (non-hydrogen) atoms. The maximum Gasteiger partial charge on any atom is 0.123 e. The smallest absolute Gasteiger partial charge is 0.123 e. The van der Waals surface area contributed by atoms with Crippen molar-refractivity contribution in [3.8, 4) is 0 Å². The lowest BCUT2D eigenvalue weighted by atomic mass is 10.3. The first-order valence-corrected chi connectivity index (χ1v) is 7.30. The van der Waals surface area contributed by atoms with E-state index in [-0.39, 0.29) is 0 Å². The predicted octanol–water partition coefficient (Wildman–Crippen LogP) is 1.48. The highest BCUT2D eigenvalue weighted by Gasteiger charge is 2.13. The third-order valence-corrected chi connectivity index (χ3v) is 3.95. The summed E-state index contributed by atoms with van der Waals surface area (Å²) in [6.45, 7) is 5.96. The van der Waals surface area contributed by atoms with Crippen molar-refractivity contribution in [1.82, 2.24) is 14.5 Å². The Morgan fingerprint density at radius 2 is 2.05 bits per heavy atom. The van der Waals surface area contributed by atoms with Crippen LogP contribution < -0.4 is 5.73 Å². The van der Waals surface area contributed by atoms with Gasteiger partial charge in [0.05, 0.1) is 30.8 Å². The zero-order valence-electron chi connectivity index (χ0n) is 11.4. The Morgan fingerprint density at radius 1 is 1.25 bits per heavy atom. The number of nitrogens with two attached hydrogens (primary N) is 1. The molecule has 0 spiro atoms. The Balaban J connectivity index is 1.81. The summed E-state index contributed by atoms with van der Waals surface area (Å²) in [5, 5.41) is 0.707. The van der Waals surface area contributed by atoms with E-state index in [1.165, 1.54) is 0 Å². The number of hydrogen-bond donors (Lipinski definition) is 1. The number of halogens is 1. The van der Waals surface area contributed by atoms with Crippen LogP contribution >= 0.6 is 11.6 Å². The van der Waals surface area contributed by atoms with Crippen LogP contribution in [-0.2, 0) is 17.8 Å². The Bertz CT molecular complexity index is 592. The molecular weight excluding hydrogens is 276 g/mol. The summed E-state index contributed by atoms with van der Waals surface area (Å²) in [6, 6.07) is 5.81. The number of aromatic nitrogens is 2. The van der Waals surface area contributed by atoms with E-state index in [0.717, 1.165) is 56.3 Å². The number of rotatable bonds is 4. The summed E-state index contributed by atoms with van der Waals surface area (Å²) in [4.78, 5) is 6.97. The summed E-state index contributed by atoms with van der Waals surface area (Å²) in [5.74, 6) is 0.913. The van der Waals surface area contributed by atoms with E-state index < -0.39 is 0 Å². The number of ether oxygens (including phenoxy) is 1. The topological polar surface area (TPSA) is 56.3 Å². The molecular formula is C14H19ClN4O. The van der Waals surface area contributed by atoms with Gasteiger partial charge in [0, 0.05) is 31.2 Å². The van der Waals surface area contributed by atoms with E-state index >= 15 is 0 Å². The van der Waals surface area contributed by atoms with E-state index in [2.05, 4.69) is 14.5 Å². The highest BCUT2D eigenvalue weighted by molar-refractivity contribution is 6.31. The third kappa shape index (κ3) is 2.81. The number of benzene rings is 1. The van der Waals surface area contributed by atoms with Crippen molar-refractivity contribution < 1.29 is 4.74 Å². The number of imidazole rings is 1. The van der Waals surface area contributed by atoms with Crippen LogP contribution in [-0.4, -0.2) is 47.3 Å². The van der Waals surface area contributed by atoms with Gasteiger partial charge >= 0.3 is 0 Å². The molecule has 1 aromatic heterocycles. The van der Waals surface area contributed by atoms with E-state index in [4.69, 9.17) is 22.1 Å². The number of nitrogens with zero attached hydrogens (tertiary/aromatic N) is 3. The second-order valence-corrected chi connectivity index (χ2v) is 5.41. The van der Waals surface area contributed by atoms with Crippen molar-refractivity contribution in [3.63, 3.8) is 0 Å². The Kier molecular flexibility index (Phi) is 4.21. The molecule has 0 amide bonds. The zero-order valence-corrected chi connectivity index (χ0v) is 12.1. The molecule has 6 heteroatoms. The van der Waals surface area contributed by atoms with Crippen LogP contribution in [0.15, 0.2) is 18.2 Å². The van der Waals surface area contributed by atoms with Crippen LogP contribution in [0.4, 0.5) is 0 Å². The van der Waals surface area contributed by atoms with E-state index in [1.807, 2.05) is 18.2 Å². The summed E-state index contributed by atoms with van der Waals surface area (Å²) in [6.07, 6.45) is 0. The molecule has 0 unspecified atom stereocenters. The molecule has 0 bridgehead atoms. The summed E-state index contributed by atoms with van der Waals surface area (Å²) >= 11 is 6.02. The molecule has 2 heterocycles. The van der Waals surface area contributed by atoms with Crippen LogP contribution in [0.2, 0.25) is 5.02 Å². The highest BCUT2D eigenvalue weighted by atomic mass is 35.5. The molecule has 1 aliphatic heterocycles. The fraction of sp³-hybridized carbons (Fsp3) is 0.500. The second kappa shape index (κ2) is 6.10. The predicted molar refractivity (Wildman–Crippen MR) is 79.9 cm³/mol. The lowest BCUT2D eigenvalue weighted by molar-refractivity contribution is 0.0364. The van der Waals surface area contributed by atoms with Crippen molar-refractivity contribution in [1.29, 1.82) is 0 Å². The monoisotopic (exact) mass is 294 g/mol. The molecule has 1 aromatic carbocycles. The second-order valence-electron chi connectivity index (χ2n) is 4.97. The summed E-state index contributed by atoms with van der Waals surface area (Å²) in [7, 11) is 0. The van der Waals surface area contributed by atoms with Crippen molar-refractivity contribution in [2.45, 2.75) is 13.1 Å². The largest absolute Gasteiger partial charge is 0.379 e. The van der Waals surface area contributed by atoms with Gasteiger partial charge in [-0.2, -0.15) is 0 Å². The fourth-order valence-electron chi connectivity index (χ4n) is 2.62. The van der Waals surface area contributed by atoms with Gasteiger partial charge in [-0.25, -0.2) is 4.98 Å². The van der Waals surface area contributed by atoms with Gasteiger partial charge in [-0.1, -0.05) is 11.6 Å². The minimum absolute atomic E-state index is 0.440. The maximum atomic E-state index is 6.02. The average Bonchev–Trinajstić information content (AvgIpc) is 2.83.